The molecule has 5 nitrogen and oxygen atoms in total. The van der Waals surface area contributed by atoms with Crippen LogP contribution in [0.4, 0.5) is 5.82 Å². The molecule has 2 aromatic heterocycles. The summed E-state index contributed by atoms with van der Waals surface area (Å²) in [4.78, 5) is 3.34. The van der Waals surface area contributed by atoms with E-state index in [-0.39, 0.29) is 0 Å². The molecule has 0 aliphatic heterocycles. The number of H-pyrrole nitrogens is 1. The number of nitrogens with two attached hydrogens (primary N) is 1. The lowest BCUT2D eigenvalue weighted by Crippen LogP contribution is -1.86. The molecule has 5 heteroatoms. The van der Waals surface area contributed by atoms with Crippen LogP contribution in [0.25, 0.3) is 22.2 Å². The normalized spacial score (nSPS) is 11.1. The van der Waals surface area contributed by atoms with Crippen molar-refractivity contribution in [2.45, 2.75) is 13.8 Å². The van der Waals surface area contributed by atoms with Crippen molar-refractivity contribution in [1.82, 2.24) is 10.1 Å². The number of rotatable bonds is 2. The van der Waals surface area contributed by atoms with Crippen LogP contribution in [-0.4, -0.2) is 17.3 Å². The number of benzene rings is 1. The molecule has 98 valence electrons. The standard InChI is InChI=1S/C14H15N3O2/c1-7-4-5-9(18-3)14-12(7)13(8(2)16-14)10-6-11(15)17-19-10/h4-6,16H,1-3H3,(H2,15,17). The van der Waals surface area contributed by atoms with Crippen molar-refractivity contribution in [2.75, 3.05) is 12.8 Å². The SMILES string of the molecule is COc1ccc(C)c2c(-c3cc(N)no3)c(C)[nH]c12. The number of nitrogens with zero attached hydrogens (tertiary/aromatic N) is 1. The zero-order chi connectivity index (χ0) is 13.6. The molecular formula is C14H15N3O2. The Morgan fingerprint density at radius 2 is 2.11 bits per heavy atom. The van der Waals surface area contributed by atoms with Gasteiger partial charge in [-0.15, -0.1) is 0 Å². The van der Waals surface area contributed by atoms with E-state index in [1.54, 1.807) is 13.2 Å². The van der Waals surface area contributed by atoms with Crippen molar-refractivity contribution in [3.63, 3.8) is 0 Å². The third kappa shape index (κ3) is 1.66. The number of aromatic nitrogens is 2. The number of hydrogen-bond acceptors (Lipinski definition) is 4. The van der Waals surface area contributed by atoms with Gasteiger partial charge >= 0.3 is 0 Å². The van der Waals surface area contributed by atoms with Gasteiger partial charge in [-0.25, -0.2) is 0 Å². The van der Waals surface area contributed by atoms with Crippen LogP contribution in [0.15, 0.2) is 22.7 Å². The molecule has 0 radical (unpaired) electrons. The molecule has 0 aliphatic rings. The van der Waals surface area contributed by atoms with Crippen molar-refractivity contribution < 1.29 is 9.26 Å². The van der Waals surface area contributed by atoms with Gasteiger partial charge in [-0.1, -0.05) is 11.2 Å². The van der Waals surface area contributed by atoms with Crippen molar-refractivity contribution in [2.24, 2.45) is 0 Å². The van der Waals surface area contributed by atoms with Crippen LogP contribution in [0.3, 0.4) is 0 Å². The fraction of sp³-hybridized carbons (Fsp3) is 0.214. The van der Waals surface area contributed by atoms with Crippen LogP contribution in [0.5, 0.6) is 5.75 Å². The van der Waals surface area contributed by atoms with Gasteiger partial charge in [0.15, 0.2) is 11.6 Å². The molecule has 0 bridgehead atoms. The molecule has 2 heterocycles. The summed E-state index contributed by atoms with van der Waals surface area (Å²) in [7, 11) is 1.66. The number of aryl methyl sites for hydroxylation is 2. The molecule has 0 atom stereocenters. The van der Waals surface area contributed by atoms with Gasteiger partial charge in [-0.2, -0.15) is 0 Å². The third-order valence-corrected chi connectivity index (χ3v) is 3.31. The first-order valence-corrected chi connectivity index (χ1v) is 6.00. The van der Waals surface area contributed by atoms with Crippen molar-refractivity contribution in [3.8, 4) is 17.1 Å². The van der Waals surface area contributed by atoms with E-state index < -0.39 is 0 Å². The average molecular weight is 257 g/mol. The summed E-state index contributed by atoms with van der Waals surface area (Å²) < 4.78 is 10.7. The molecule has 1 aromatic carbocycles. The van der Waals surface area contributed by atoms with Crippen LogP contribution < -0.4 is 10.5 Å². The number of nitrogen functional groups attached to an aromatic ring is 1. The van der Waals surface area contributed by atoms with Crippen molar-refractivity contribution in [1.29, 1.82) is 0 Å². The molecule has 19 heavy (non-hydrogen) atoms. The van der Waals surface area contributed by atoms with Crippen LogP contribution in [-0.2, 0) is 0 Å². The lowest BCUT2D eigenvalue weighted by Gasteiger charge is -2.04. The van der Waals surface area contributed by atoms with E-state index >= 15 is 0 Å². The zero-order valence-corrected chi connectivity index (χ0v) is 11.1. The van der Waals surface area contributed by atoms with Gasteiger partial charge in [0.05, 0.1) is 12.6 Å². The summed E-state index contributed by atoms with van der Waals surface area (Å²) in [5.74, 6) is 1.85. The average Bonchev–Trinajstić information content (AvgIpc) is 2.93. The quantitative estimate of drug-likeness (QED) is 0.739. The first kappa shape index (κ1) is 11.6. The highest BCUT2D eigenvalue weighted by Gasteiger charge is 2.18. The number of hydrogen-bond donors (Lipinski definition) is 2. The Morgan fingerprint density at radius 3 is 2.74 bits per heavy atom. The maximum atomic E-state index is 5.63. The monoisotopic (exact) mass is 257 g/mol. The first-order valence-electron chi connectivity index (χ1n) is 6.00. The molecular weight excluding hydrogens is 242 g/mol. The minimum Gasteiger partial charge on any atom is -0.495 e. The number of anilines is 1. The Bertz CT molecular complexity index is 755. The molecule has 0 fully saturated rings. The topological polar surface area (TPSA) is 77.1 Å². The predicted octanol–water partition coefficient (Wildman–Crippen LogP) is 3.03. The number of ether oxygens (including phenoxy) is 1. The molecule has 0 amide bonds. The number of methoxy groups -OCH3 is 1. The molecule has 3 rings (SSSR count). The van der Waals surface area contributed by atoms with Gasteiger partial charge in [0, 0.05) is 22.7 Å². The van der Waals surface area contributed by atoms with E-state index in [2.05, 4.69) is 17.1 Å². The highest BCUT2D eigenvalue weighted by atomic mass is 16.5. The van der Waals surface area contributed by atoms with Gasteiger partial charge in [0.1, 0.15) is 5.75 Å². The highest BCUT2D eigenvalue weighted by molar-refractivity contribution is 6.01. The highest BCUT2D eigenvalue weighted by Crippen LogP contribution is 2.38. The minimum atomic E-state index is 0.379. The Hall–Kier alpha value is -2.43. The van der Waals surface area contributed by atoms with Gasteiger partial charge in [-0.05, 0) is 25.5 Å². The Morgan fingerprint density at radius 1 is 1.32 bits per heavy atom. The smallest absolute Gasteiger partial charge is 0.171 e. The second-order valence-electron chi connectivity index (χ2n) is 4.58. The van der Waals surface area contributed by atoms with Crippen molar-refractivity contribution in [3.05, 3.63) is 29.5 Å². The fourth-order valence-corrected chi connectivity index (χ4v) is 2.46. The molecule has 0 spiro atoms. The van der Waals surface area contributed by atoms with E-state index in [1.807, 2.05) is 19.1 Å². The van der Waals surface area contributed by atoms with Gasteiger partial charge in [-0.3, -0.25) is 0 Å². The van der Waals surface area contributed by atoms with Crippen LogP contribution in [0.1, 0.15) is 11.3 Å². The van der Waals surface area contributed by atoms with Crippen LogP contribution >= 0.6 is 0 Å². The minimum absolute atomic E-state index is 0.379. The molecule has 0 unspecified atom stereocenters. The van der Waals surface area contributed by atoms with E-state index in [9.17, 15) is 0 Å². The van der Waals surface area contributed by atoms with E-state index in [1.165, 1.54) is 0 Å². The predicted molar refractivity (Wildman–Crippen MR) is 74.2 cm³/mol. The zero-order valence-electron chi connectivity index (χ0n) is 11.1. The van der Waals surface area contributed by atoms with Crippen LogP contribution in [0.2, 0.25) is 0 Å². The van der Waals surface area contributed by atoms with Gasteiger partial charge in [0.25, 0.3) is 0 Å². The van der Waals surface area contributed by atoms with E-state index in [0.717, 1.165) is 33.5 Å². The summed E-state index contributed by atoms with van der Waals surface area (Å²) in [6.45, 7) is 4.05. The fourth-order valence-electron chi connectivity index (χ4n) is 2.46. The van der Waals surface area contributed by atoms with Gasteiger partial charge in [0.2, 0.25) is 0 Å². The number of aromatic amines is 1. The summed E-state index contributed by atoms with van der Waals surface area (Å²) >= 11 is 0. The summed E-state index contributed by atoms with van der Waals surface area (Å²) in [5.41, 5.74) is 9.72. The number of nitrogens with one attached hydrogen (secondary N) is 1. The first-order chi connectivity index (χ1) is 9.11. The lowest BCUT2D eigenvalue weighted by molar-refractivity contribution is 0.419. The number of fused-ring (bicyclic) bond motifs is 1. The third-order valence-electron chi connectivity index (χ3n) is 3.31. The molecule has 3 aromatic rings. The van der Waals surface area contributed by atoms with Crippen molar-refractivity contribution >= 4 is 16.7 Å². The summed E-state index contributed by atoms with van der Waals surface area (Å²) in [6, 6.07) is 5.71. The Kier molecular flexibility index (Phi) is 2.48. The van der Waals surface area contributed by atoms with E-state index in [4.69, 9.17) is 15.0 Å². The summed E-state index contributed by atoms with van der Waals surface area (Å²) in [5, 5.41) is 4.83. The summed E-state index contributed by atoms with van der Waals surface area (Å²) in [6.07, 6.45) is 0. The lowest BCUT2D eigenvalue weighted by atomic mass is 10.0. The molecule has 0 aliphatic carbocycles. The molecule has 0 saturated carbocycles. The second-order valence-corrected chi connectivity index (χ2v) is 4.58. The largest absolute Gasteiger partial charge is 0.495 e. The molecule has 0 saturated heterocycles. The Balaban J connectivity index is 2.39. The second kappa shape index (κ2) is 4.05. The Labute approximate surface area is 110 Å². The van der Waals surface area contributed by atoms with Crippen LogP contribution in [0, 0.1) is 13.8 Å². The van der Waals surface area contributed by atoms with Gasteiger partial charge < -0.3 is 20.0 Å². The molecule has 3 N–H and O–H groups in total. The maximum absolute atomic E-state index is 5.63. The maximum Gasteiger partial charge on any atom is 0.171 e. The van der Waals surface area contributed by atoms with E-state index in [0.29, 0.717) is 11.6 Å².